The lowest BCUT2D eigenvalue weighted by Gasteiger charge is -2.27. The Bertz CT molecular complexity index is 2420. The zero-order valence-electron chi connectivity index (χ0n) is 37.6. The summed E-state index contributed by atoms with van der Waals surface area (Å²) in [6.07, 6.45) is -46.0. The van der Waals surface area contributed by atoms with Gasteiger partial charge in [-0.1, -0.05) is 51.2 Å². The standard InChI is InChI=1S/C36H34BF18NO3.C8H3F6/c1-4-7-10-22-25(34(47,48)49)16-20(33(44,45)46)17-26(22)58-37(57-21-14-18(31(38,39)40)13-19(15-21)32(41,42)43)59-30-24(12-9-6-3)27(35(50,51)52)23(11-8-5-2)28(29(30)56)36(53,54)55;9-7(10,11)5-2-1-3-6(4-5)8(12,13)14/h13-17H,4-12,56H2,1-3H3;2-4H/q;-1/p+1. The van der Waals surface area contributed by atoms with E-state index >= 15 is 0 Å². The molecule has 3 N–H and O–H groups in total. The molecule has 408 valence electrons. The fourth-order valence-electron chi connectivity index (χ4n) is 6.88. The van der Waals surface area contributed by atoms with Crippen molar-refractivity contribution in [3.05, 3.63) is 116 Å². The number of alkyl halides is 24. The number of halogens is 24. The van der Waals surface area contributed by atoms with Gasteiger partial charge in [0, 0.05) is 11.1 Å². The molecule has 4 rings (SSSR count). The van der Waals surface area contributed by atoms with Crippen molar-refractivity contribution in [3.63, 3.8) is 0 Å². The third-order valence-electron chi connectivity index (χ3n) is 10.2. The van der Waals surface area contributed by atoms with E-state index < -0.39 is 166 Å². The SMILES string of the molecule is CCCCc1c(OB(Oc2cc(C(F)(F)F)cc(C(F)(F)F)c2)Oc2c([NH3+])c(C(F)(F)F)c(CCCC)c(C(F)(F)F)c2CCCC)cc(C(F)(F)F)cc1C(F)(F)F.FC(F)(F)c1c[c-]cc(C(F)(F)F)c1. The van der Waals surface area contributed by atoms with Gasteiger partial charge in [0.25, 0.3) is 0 Å². The predicted octanol–water partition coefficient (Wildman–Crippen LogP) is 16.7. The molecule has 0 bridgehead atoms. The topological polar surface area (TPSA) is 55.3 Å². The molecular formula is C44H38BF24NO3. The maximum absolute atomic E-state index is 14.9. The smallest absolute Gasteiger partial charge is 0.490 e. The van der Waals surface area contributed by atoms with E-state index in [2.05, 4.69) is 5.73 Å². The molecule has 4 aromatic carbocycles. The molecule has 0 aromatic heterocycles. The van der Waals surface area contributed by atoms with Gasteiger partial charge in [0.05, 0.1) is 27.8 Å². The highest BCUT2D eigenvalue weighted by Crippen LogP contribution is 2.51. The quantitative estimate of drug-likeness (QED) is 0.0733. The third kappa shape index (κ3) is 16.8. The summed E-state index contributed by atoms with van der Waals surface area (Å²) in [5, 5.41) is 0. The zero-order chi connectivity index (χ0) is 56.1. The van der Waals surface area contributed by atoms with Gasteiger partial charge in [-0.15, -0.1) is 6.07 Å². The van der Waals surface area contributed by atoms with Crippen molar-refractivity contribution in [1.29, 1.82) is 0 Å². The van der Waals surface area contributed by atoms with Crippen molar-refractivity contribution < 1.29 is 125 Å². The highest BCUT2D eigenvalue weighted by molar-refractivity contribution is 6.39. The van der Waals surface area contributed by atoms with Crippen LogP contribution in [-0.2, 0) is 68.7 Å². The first-order chi connectivity index (χ1) is 33.1. The Morgan fingerprint density at radius 1 is 0.411 bits per heavy atom. The van der Waals surface area contributed by atoms with Crippen molar-refractivity contribution in [2.24, 2.45) is 0 Å². The molecule has 0 saturated carbocycles. The maximum atomic E-state index is 14.9. The number of unbranched alkanes of at least 4 members (excludes halogenated alkanes) is 3. The number of quaternary nitrogens is 1. The van der Waals surface area contributed by atoms with Gasteiger partial charge < -0.3 is 19.7 Å². The fourth-order valence-corrected chi connectivity index (χ4v) is 6.88. The van der Waals surface area contributed by atoms with E-state index in [1.165, 1.54) is 20.8 Å². The lowest BCUT2D eigenvalue weighted by molar-refractivity contribution is -0.264. The Hall–Kier alpha value is -5.38. The van der Waals surface area contributed by atoms with Crippen LogP contribution >= 0.6 is 0 Å². The van der Waals surface area contributed by atoms with Crippen LogP contribution in [0.4, 0.5) is 111 Å². The third-order valence-corrected chi connectivity index (χ3v) is 10.2. The summed E-state index contributed by atoms with van der Waals surface area (Å²) in [6, 6.07) is 1.67. The van der Waals surface area contributed by atoms with Gasteiger partial charge in [-0.2, -0.15) is 124 Å². The van der Waals surface area contributed by atoms with E-state index in [0.717, 1.165) is 0 Å². The summed E-state index contributed by atoms with van der Waals surface area (Å²) in [5.74, 6) is -4.58. The van der Waals surface area contributed by atoms with Crippen LogP contribution in [0, 0.1) is 6.07 Å². The molecule has 0 aliphatic heterocycles. The highest BCUT2D eigenvalue weighted by Gasteiger charge is 2.50. The lowest BCUT2D eigenvalue weighted by Crippen LogP contribution is -2.46. The van der Waals surface area contributed by atoms with Gasteiger partial charge in [0.15, 0.2) is 11.4 Å². The van der Waals surface area contributed by atoms with Gasteiger partial charge in [-0.3, -0.25) is 0 Å². The minimum Gasteiger partial charge on any atom is -0.490 e. The van der Waals surface area contributed by atoms with Crippen LogP contribution in [0.25, 0.3) is 0 Å². The maximum Gasteiger partial charge on any atom is 0.864 e. The first-order valence-corrected chi connectivity index (χ1v) is 21.0. The van der Waals surface area contributed by atoms with E-state index in [1.54, 1.807) is 6.07 Å². The lowest BCUT2D eigenvalue weighted by atomic mass is 9.87. The van der Waals surface area contributed by atoms with E-state index in [0.29, 0.717) is 12.1 Å². The Morgan fingerprint density at radius 2 is 0.795 bits per heavy atom. The molecule has 0 aliphatic rings. The molecule has 0 heterocycles. The Labute approximate surface area is 398 Å². The summed E-state index contributed by atoms with van der Waals surface area (Å²) in [4.78, 5) is 0. The van der Waals surface area contributed by atoms with E-state index in [9.17, 15) is 105 Å². The first-order valence-electron chi connectivity index (χ1n) is 21.0. The second-order valence-electron chi connectivity index (χ2n) is 15.7. The van der Waals surface area contributed by atoms with E-state index in [1.807, 2.05) is 0 Å². The average Bonchev–Trinajstić information content (AvgIpc) is 3.22. The van der Waals surface area contributed by atoms with Gasteiger partial charge in [-0.25, -0.2) is 0 Å². The highest BCUT2D eigenvalue weighted by atomic mass is 19.4. The molecule has 0 spiro atoms. The molecule has 4 aromatic rings. The summed E-state index contributed by atoms with van der Waals surface area (Å²) in [7, 11) is -3.28. The summed E-state index contributed by atoms with van der Waals surface area (Å²) in [5.41, 5.74) is -16.5. The summed E-state index contributed by atoms with van der Waals surface area (Å²) < 4.78 is 344. The molecule has 4 nitrogen and oxygen atoms in total. The summed E-state index contributed by atoms with van der Waals surface area (Å²) in [6.45, 7) is 4.34. The zero-order valence-corrected chi connectivity index (χ0v) is 37.6. The van der Waals surface area contributed by atoms with Crippen LogP contribution in [0.5, 0.6) is 17.2 Å². The van der Waals surface area contributed by atoms with Crippen molar-refractivity contribution in [1.82, 2.24) is 0 Å². The number of hydrogen-bond donors (Lipinski definition) is 1. The van der Waals surface area contributed by atoms with Crippen molar-refractivity contribution in [2.45, 2.75) is 128 Å². The van der Waals surface area contributed by atoms with Gasteiger partial charge >= 0.3 is 56.7 Å². The van der Waals surface area contributed by atoms with Crippen LogP contribution in [-0.4, -0.2) is 7.32 Å². The van der Waals surface area contributed by atoms with Gasteiger partial charge in [0.2, 0.25) is 0 Å². The molecule has 0 fully saturated rings. The summed E-state index contributed by atoms with van der Waals surface area (Å²) >= 11 is 0. The van der Waals surface area contributed by atoms with Crippen molar-refractivity contribution >= 4 is 13.0 Å². The molecule has 0 aliphatic carbocycles. The Balaban J connectivity index is 0.000000861. The predicted molar refractivity (Wildman–Crippen MR) is 211 cm³/mol. The second-order valence-corrected chi connectivity index (χ2v) is 15.7. The molecule has 0 saturated heterocycles. The largest absolute Gasteiger partial charge is 0.864 e. The van der Waals surface area contributed by atoms with Gasteiger partial charge in [-0.05, 0) is 74.4 Å². The molecule has 29 heteroatoms. The molecular weight excluding hydrogens is 1060 g/mol. The number of rotatable bonds is 15. The van der Waals surface area contributed by atoms with Crippen LogP contribution < -0.4 is 19.7 Å². The minimum absolute atomic E-state index is 0.0521. The molecule has 73 heavy (non-hydrogen) atoms. The molecule has 0 radical (unpaired) electrons. The van der Waals surface area contributed by atoms with Crippen LogP contribution in [0.3, 0.4) is 0 Å². The number of hydrogen-bond acceptors (Lipinski definition) is 3. The minimum atomic E-state index is -5.66. The monoisotopic (exact) mass is 1100 g/mol. The van der Waals surface area contributed by atoms with E-state index in [4.69, 9.17) is 14.0 Å². The second kappa shape index (κ2) is 23.0. The molecule has 0 amide bonds. The molecule has 0 atom stereocenters. The van der Waals surface area contributed by atoms with E-state index in [-0.39, 0.29) is 68.9 Å². The van der Waals surface area contributed by atoms with Crippen molar-refractivity contribution in [3.8, 4) is 17.2 Å². The number of benzene rings is 4. The normalized spacial score (nSPS) is 13.2. The Morgan fingerprint density at radius 3 is 1.18 bits per heavy atom. The van der Waals surface area contributed by atoms with Crippen LogP contribution in [0.1, 0.15) is 120 Å². The average molecular weight is 1100 g/mol. The van der Waals surface area contributed by atoms with Crippen LogP contribution in [0.15, 0.2) is 48.5 Å². The molecule has 0 unspecified atom stereocenters. The fraction of sp³-hybridized carbons (Fsp3) is 0.455. The van der Waals surface area contributed by atoms with Crippen molar-refractivity contribution in [2.75, 3.05) is 0 Å². The van der Waals surface area contributed by atoms with Crippen LogP contribution in [0.2, 0.25) is 0 Å². The van der Waals surface area contributed by atoms with Gasteiger partial charge in [0.1, 0.15) is 17.1 Å². The Kier molecular flexibility index (Phi) is 19.5. The first kappa shape index (κ1) is 61.9.